The van der Waals surface area contributed by atoms with Gasteiger partial charge >= 0.3 is 5.97 Å². The number of phenolic OH excluding ortho intramolecular Hbond substituents is 1. The van der Waals surface area contributed by atoms with Crippen molar-refractivity contribution < 1.29 is 19.8 Å². The second-order valence-corrected chi connectivity index (χ2v) is 5.54. The lowest BCUT2D eigenvalue weighted by Crippen LogP contribution is -2.49. The van der Waals surface area contributed by atoms with E-state index in [4.69, 9.17) is 5.11 Å². The van der Waals surface area contributed by atoms with Crippen molar-refractivity contribution in [3.63, 3.8) is 0 Å². The molecule has 2 N–H and O–H groups in total. The van der Waals surface area contributed by atoms with Crippen molar-refractivity contribution in [3.8, 4) is 5.75 Å². The Kier molecular flexibility index (Phi) is 4.61. The number of carboxylic acid groups (broad SMARTS) is 1. The maximum atomic E-state index is 12.3. The van der Waals surface area contributed by atoms with Crippen LogP contribution in [0.2, 0.25) is 0 Å². The summed E-state index contributed by atoms with van der Waals surface area (Å²) in [5.74, 6) is -1.15. The van der Waals surface area contributed by atoms with Crippen molar-refractivity contribution in [2.24, 2.45) is 0 Å². The fourth-order valence-corrected chi connectivity index (χ4v) is 2.51. The summed E-state index contributed by atoms with van der Waals surface area (Å²) in [4.78, 5) is 26.3. The summed E-state index contributed by atoms with van der Waals surface area (Å²) in [6.07, 6.45) is 0. The lowest BCUT2D eigenvalue weighted by Gasteiger charge is -2.33. The van der Waals surface area contributed by atoms with E-state index in [-0.39, 0.29) is 23.8 Å². The predicted molar refractivity (Wildman–Crippen MR) is 75.8 cm³/mol. The maximum Gasteiger partial charge on any atom is 0.317 e. The Morgan fingerprint density at radius 3 is 2.45 bits per heavy atom. The number of benzene rings is 1. The third kappa shape index (κ3) is 3.49. The number of nitrogens with zero attached hydrogens (tertiary/aromatic N) is 2. The first kappa shape index (κ1) is 14.8. The number of carboxylic acids is 1. The van der Waals surface area contributed by atoms with E-state index in [9.17, 15) is 14.7 Å². The second-order valence-electron chi connectivity index (χ2n) is 4.62. The normalized spacial score (nSPS) is 16.1. The molecule has 1 heterocycles. The van der Waals surface area contributed by atoms with Gasteiger partial charge in [0.2, 0.25) is 0 Å². The lowest BCUT2D eigenvalue weighted by molar-refractivity contribution is -0.138. The number of phenols is 1. The van der Waals surface area contributed by atoms with E-state index >= 15 is 0 Å². The fourth-order valence-electron chi connectivity index (χ4n) is 2.15. The Hall–Kier alpha value is -1.60. The molecule has 0 aliphatic carbocycles. The van der Waals surface area contributed by atoms with Crippen molar-refractivity contribution in [2.45, 2.75) is 0 Å². The molecule has 0 aromatic heterocycles. The van der Waals surface area contributed by atoms with Gasteiger partial charge in [-0.3, -0.25) is 14.5 Å². The van der Waals surface area contributed by atoms with Gasteiger partial charge in [0, 0.05) is 30.7 Å². The summed E-state index contributed by atoms with van der Waals surface area (Å²) >= 11 is 3.27. The molecular weight excluding hydrogens is 328 g/mol. The van der Waals surface area contributed by atoms with Crippen LogP contribution in [0.25, 0.3) is 0 Å². The molecule has 1 aromatic rings. The average Bonchev–Trinajstić information content (AvgIpc) is 2.41. The van der Waals surface area contributed by atoms with Crippen LogP contribution in [0.15, 0.2) is 22.7 Å². The van der Waals surface area contributed by atoms with Crippen LogP contribution in [0.4, 0.5) is 0 Å². The molecule has 7 heteroatoms. The van der Waals surface area contributed by atoms with Crippen molar-refractivity contribution in [1.29, 1.82) is 0 Å². The van der Waals surface area contributed by atoms with Crippen LogP contribution in [-0.2, 0) is 4.79 Å². The summed E-state index contributed by atoms with van der Waals surface area (Å²) < 4.78 is 0.725. The smallest absolute Gasteiger partial charge is 0.317 e. The zero-order chi connectivity index (χ0) is 14.7. The van der Waals surface area contributed by atoms with E-state index in [0.717, 1.165) is 4.47 Å². The van der Waals surface area contributed by atoms with Crippen LogP contribution in [0, 0.1) is 0 Å². The molecule has 0 spiro atoms. The van der Waals surface area contributed by atoms with Gasteiger partial charge in [0.15, 0.2) is 0 Å². The Morgan fingerprint density at radius 2 is 1.85 bits per heavy atom. The molecule has 1 fully saturated rings. The minimum atomic E-state index is -0.866. The first-order valence-electron chi connectivity index (χ1n) is 6.19. The lowest BCUT2D eigenvalue weighted by atomic mass is 10.1. The molecule has 0 saturated carbocycles. The van der Waals surface area contributed by atoms with Gasteiger partial charge in [0.1, 0.15) is 5.75 Å². The van der Waals surface area contributed by atoms with Gasteiger partial charge in [-0.1, -0.05) is 15.9 Å². The van der Waals surface area contributed by atoms with E-state index in [1.54, 1.807) is 21.9 Å². The number of halogens is 1. The Labute approximate surface area is 124 Å². The standard InChI is InChI=1S/C13H15BrN2O4/c14-9-1-2-11(17)10(7-9)13(20)16-5-3-15(4-6-16)8-12(18)19/h1-2,7,17H,3-6,8H2,(H,18,19). The number of hydrogen-bond donors (Lipinski definition) is 2. The molecule has 0 radical (unpaired) electrons. The molecular formula is C13H15BrN2O4. The van der Waals surface area contributed by atoms with E-state index in [2.05, 4.69) is 15.9 Å². The van der Waals surface area contributed by atoms with E-state index < -0.39 is 5.97 Å². The third-order valence-electron chi connectivity index (χ3n) is 3.21. The molecule has 1 saturated heterocycles. The maximum absolute atomic E-state index is 12.3. The highest BCUT2D eigenvalue weighted by Gasteiger charge is 2.24. The molecule has 2 rings (SSSR count). The number of amides is 1. The zero-order valence-corrected chi connectivity index (χ0v) is 12.3. The molecule has 1 aliphatic heterocycles. The van der Waals surface area contributed by atoms with Gasteiger partial charge in [-0.05, 0) is 18.2 Å². The molecule has 20 heavy (non-hydrogen) atoms. The molecule has 1 amide bonds. The molecule has 1 aromatic carbocycles. The molecule has 0 unspecified atom stereocenters. The minimum Gasteiger partial charge on any atom is -0.507 e. The summed E-state index contributed by atoms with van der Waals surface area (Å²) in [6, 6.07) is 4.72. The van der Waals surface area contributed by atoms with Crippen molar-refractivity contribution >= 4 is 27.8 Å². The predicted octanol–water partition coefficient (Wildman–Crippen LogP) is 0.997. The Bertz CT molecular complexity index is 527. The van der Waals surface area contributed by atoms with Gasteiger partial charge in [0.05, 0.1) is 12.1 Å². The van der Waals surface area contributed by atoms with Gasteiger partial charge in [0.25, 0.3) is 5.91 Å². The topological polar surface area (TPSA) is 81.1 Å². The van der Waals surface area contributed by atoms with E-state index in [1.165, 1.54) is 6.07 Å². The van der Waals surface area contributed by atoms with Gasteiger partial charge < -0.3 is 15.1 Å². The number of aromatic hydroxyl groups is 1. The van der Waals surface area contributed by atoms with Crippen LogP contribution < -0.4 is 0 Å². The molecule has 0 bridgehead atoms. The number of aliphatic carboxylic acids is 1. The largest absolute Gasteiger partial charge is 0.507 e. The van der Waals surface area contributed by atoms with Crippen LogP contribution >= 0.6 is 15.9 Å². The highest BCUT2D eigenvalue weighted by molar-refractivity contribution is 9.10. The SMILES string of the molecule is O=C(O)CN1CCN(C(=O)c2cc(Br)ccc2O)CC1. The number of carbonyl (C=O) groups excluding carboxylic acids is 1. The van der Waals surface area contributed by atoms with Crippen molar-refractivity contribution in [1.82, 2.24) is 9.80 Å². The molecule has 0 atom stereocenters. The van der Waals surface area contributed by atoms with Gasteiger partial charge in [-0.2, -0.15) is 0 Å². The van der Waals surface area contributed by atoms with Crippen molar-refractivity contribution in [3.05, 3.63) is 28.2 Å². The molecule has 1 aliphatic rings. The Morgan fingerprint density at radius 1 is 1.20 bits per heavy atom. The molecule has 108 valence electrons. The second kappa shape index (κ2) is 6.23. The fraction of sp³-hybridized carbons (Fsp3) is 0.385. The summed E-state index contributed by atoms with van der Waals surface area (Å²) in [6.45, 7) is 1.94. The van der Waals surface area contributed by atoms with Crippen LogP contribution in [0.5, 0.6) is 5.75 Å². The summed E-state index contributed by atoms with van der Waals surface area (Å²) in [5, 5.41) is 18.5. The number of hydrogen-bond acceptors (Lipinski definition) is 4. The van der Waals surface area contributed by atoms with Crippen LogP contribution in [0.1, 0.15) is 10.4 Å². The average molecular weight is 343 g/mol. The van der Waals surface area contributed by atoms with Crippen molar-refractivity contribution in [2.75, 3.05) is 32.7 Å². The van der Waals surface area contributed by atoms with E-state index in [1.807, 2.05) is 0 Å². The highest BCUT2D eigenvalue weighted by atomic mass is 79.9. The zero-order valence-electron chi connectivity index (χ0n) is 10.8. The minimum absolute atomic E-state index is 0.00976. The number of carbonyl (C=O) groups is 2. The number of rotatable bonds is 3. The highest BCUT2D eigenvalue weighted by Crippen LogP contribution is 2.23. The third-order valence-corrected chi connectivity index (χ3v) is 3.70. The number of piperazine rings is 1. The monoisotopic (exact) mass is 342 g/mol. The molecule has 6 nitrogen and oxygen atoms in total. The van der Waals surface area contributed by atoms with Crippen LogP contribution in [0.3, 0.4) is 0 Å². The van der Waals surface area contributed by atoms with Gasteiger partial charge in [-0.25, -0.2) is 0 Å². The Balaban J connectivity index is 2.01. The van der Waals surface area contributed by atoms with Gasteiger partial charge in [-0.15, -0.1) is 0 Å². The summed E-state index contributed by atoms with van der Waals surface area (Å²) in [5.41, 5.74) is 0.256. The first-order chi connectivity index (χ1) is 9.47. The summed E-state index contributed by atoms with van der Waals surface area (Å²) in [7, 11) is 0. The van der Waals surface area contributed by atoms with Crippen LogP contribution in [-0.4, -0.2) is 64.6 Å². The first-order valence-corrected chi connectivity index (χ1v) is 6.98. The van der Waals surface area contributed by atoms with E-state index in [0.29, 0.717) is 26.2 Å². The quantitative estimate of drug-likeness (QED) is 0.856.